The van der Waals surface area contributed by atoms with Crippen LogP contribution in [0.1, 0.15) is 25.3 Å². The van der Waals surface area contributed by atoms with Gasteiger partial charge < -0.3 is 10.1 Å². The normalized spacial score (nSPS) is 10.6. The molecule has 0 unspecified atom stereocenters. The lowest BCUT2D eigenvalue weighted by atomic mass is 10.3. The number of rotatable bonds is 6. The average Bonchev–Trinajstić information content (AvgIpc) is 3.22. The number of carbonyl (C=O) groups is 1. The van der Waals surface area contributed by atoms with E-state index >= 15 is 0 Å². The number of hydrogen-bond acceptors (Lipinski definition) is 5. The van der Waals surface area contributed by atoms with Gasteiger partial charge in [0.2, 0.25) is 0 Å². The fraction of sp³-hybridized carbons (Fsp3) is 0.176. The average molecular weight is 379 g/mol. The van der Waals surface area contributed by atoms with Crippen LogP contribution < -0.4 is 10.1 Å². The standard InChI is InChI=1S/C17H15ClN2O2S2/c1-11-16(17(21)19-9-14-3-2-8-23-14)24-15(20-11)10-22-13-6-4-12(18)5-7-13/h2-8H,9-10H2,1H3,(H,19,21). The molecule has 3 rings (SSSR count). The largest absolute Gasteiger partial charge is 0.486 e. The first kappa shape index (κ1) is 17.0. The van der Waals surface area contributed by atoms with Crippen molar-refractivity contribution in [2.75, 3.05) is 0 Å². The van der Waals surface area contributed by atoms with E-state index in [-0.39, 0.29) is 5.91 Å². The second-order valence-electron chi connectivity index (χ2n) is 5.03. The predicted octanol–water partition coefficient (Wildman–Crippen LogP) is 4.68. The molecule has 2 aromatic heterocycles. The molecule has 0 saturated heterocycles. The zero-order valence-electron chi connectivity index (χ0n) is 12.9. The first-order valence-electron chi connectivity index (χ1n) is 7.27. The van der Waals surface area contributed by atoms with Gasteiger partial charge in [-0.15, -0.1) is 22.7 Å². The second kappa shape index (κ2) is 7.79. The highest BCUT2D eigenvalue weighted by atomic mass is 35.5. The highest BCUT2D eigenvalue weighted by molar-refractivity contribution is 7.13. The summed E-state index contributed by atoms with van der Waals surface area (Å²) in [4.78, 5) is 18.5. The Morgan fingerprint density at radius 3 is 2.79 bits per heavy atom. The molecule has 0 bridgehead atoms. The van der Waals surface area contributed by atoms with Crippen LogP contribution in [0.5, 0.6) is 5.75 Å². The SMILES string of the molecule is Cc1nc(COc2ccc(Cl)cc2)sc1C(=O)NCc1cccs1. The fourth-order valence-electron chi connectivity index (χ4n) is 2.06. The van der Waals surface area contributed by atoms with E-state index in [0.29, 0.717) is 23.1 Å². The van der Waals surface area contributed by atoms with Crippen molar-refractivity contribution in [3.63, 3.8) is 0 Å². The molecule has 2 heterocycles. The molecule has 124 valence electrons. The van der Waals surface area contributed by atoms with E-state index in [4.69, 9.17) is 16.3 Å². The highest BCUT2D eigenvalue weighted by Crippen LogP contribution is 2.21. The number of thiophene rings is 1. The summed E-state index contributed by atoms with van der Waals surface area (Å²) in [5.41, 5.74) is 0.721. The molecule has 1 N–H and O–H groups in total. The van der Waals surface area contributed by atoms with Crippen LogP contribution in [0.15, 0.2) is 41.8 Å². The van der Waals surface area contributed by atoms with E-state index in [2.05, 4.69) is 10.3 Å². The number of thiazole rings is 1. The summed E-state index contributed by atoms with van der Waals surface area (Å²) in [6, 6.07) is 11.1. The number of amides is 1. The van der Waals surface area contributed by atoms with E-state index in [1.165, 1.54) is 11.3 Å². The van der Waals surface area contributed by atoms with Gasteiger partial charge in [-0.2, -0.15) is 0 Å². The van der Waals surface area contributed by atoms with Crippen LogP contribution >= 0.6 is 34.3 Å². The van der Waals surface area contributed by atoms with Crippen LogP contribution in [0.4, 0.5) is 0 Å². The zero-order chi connectivity index (χ0) is 16.9. The molecule has 0 aliphatic heterocycles. The lowest BCUT2D eigenvalue weighted by molar-refractivity contribution is 0.0954. The van der Waals surface area contributed by atoms with Crippen LogP contribution in [0.25, 0.3) is 0 Å². The summed E-state index contributed by atoms with van der Waals surface area (Å²) < 4.78 is 5.67. The molecule has 0 saturated carbocycles. The third kappa shape index (κ3) is 4.35. The van der Waals surface area contributed by atoms with Crippen LogP contribution in [0.2, 0.25) is 5.02 Å². The number of nitrogens with zero attached hydrogens (tertiary/aromatic N) is 1. The minimum Gasteiger partial charge on any atom is -0.486 e. The number of aromatic nitrogens is 1. The van der Waals surface area contributed by atoms with Crippen LogP contribution in [0.3, 0.4) is 0 Å². The van der Waals surface area contributed by atoms with Crippen molar-refractivity contribution in [2.24, 2.45) is 0 Å². The van der Waals surface area contributed by atoms with E-state index in [1.807, 2.05) is 24.4 Å². The maximum atomic E-state index is 12.3. The molecule has 7 heteroatoms. The lowest BCUT2D eigenvalue weighted by Gasteiger charge is -2.03. The summed E-state index contributed by atoms with van der Waals surface area (Å²) >= 11 is 8.82. The molecular weight excluding hydrogens is 364 g/mol. The molecule has 24 heavy (non-hydrogen) atoms. The molecule has 0 radical (unpaired) electrons. The summed E-state index contributed by atoms with van der Waals surface area (Å²) in [7, 11) is 0. The minimum absolute atomic E-state index is 0.101. The number of aryl methyl sites for hydroxylation is 1. The fourth-order valence-corrected chi connectivity index (χ4v) is 3.73. The van der Waals surface area contributed by atoms with Gasteiger partial charge in [-0.05, 0) is 42.6 Å². The van der Waals surface area contributed by atoms with Crippen molar-refractivity contribution in [1.82, 2.24) is 10.3 Å². The van der Waals surface area contributed by atoms with Gasteiger partial charge in [0.25, 0.3) is 5.91 Å². The first-order valence-corrected chi connectivity index (χ1v) is 9.34. The molecule has 3 aromatic rings. The van der Waals surface area contributed by atoms with Crippen molar-refractivity contribution >= 4 is 40.2 Å². The molecule has 0 aliphatic rings. The Hall–Kier alpha value is -1.89. The number of ether oxygens (including phenoxy) is 1. The maximum absolute atomic E-state index is 12.3. The smallest absolute Gasteiger partial charge is 0.263 e. The molecule has 1 amide bonds. The van der Waals surface area contributed by atoms with E-state index in [9.17, 15) is 4.79 Å². The number of halogens is 1. The zero-order valence-corrected chi connectivity index (χ0v) is 15.3. The summed E-state index contributed by atoms with van der Waals surface area (Å²) in [5.74, 6) is 0.618. The Labute approximate surface area is 153 Å². The monoisotopic (exact) mass is 378 g/mol. The molecule has 0 atom stereocenters. The Bertz CT molecular complexity index is 814. The molecule has 0 fully saturated rings. The van der Waals surface area contributed by atoms with Gasteiger partial charge >= 0.3 is 0 Å². The van der Waals surface area contributed by atoms with Gasteiger partial charge in [0, 0.05) is 9.90 Å². The molecule has 0 aliphatic carbocycles. The van der Waals surface area contributed by atoms with Crippen molar-refractivity contribution in [1.29, 1.82) is 0 Å². The highest BCUT2D eigenvalue weighted by Gasteiger charge is 2.15. The van der Waals surface area contributed by atoms with E-state index in [1.54, 1.807) is 35.6 Å². The predicted molar refractivity (Wildman–Crippen MR) is 98.1 cm³/mol. The Morgan fingerprint density at radius 1 is 1.29 bits per heavy atom. The summed E-state index contributed by atoms with van der Waals surface area (Å²) in [5, 5.41) is 6.35. The second-order valence-corrected chi connectivity index (χ2v) is 7.58. The van der Waals surface area contributed by atoms with Gasteiger partial charge in [-0.3, -0.25) is 4.79 Å². The number of nitrogens with one attached hydrogen (secondary N) is 1. The van der Waals surface area contributed by atoms with Crippen molar-refractivity contribution in [3.8, 4) is 5.75 Å². The maximum Gasteiger partial charge on any atom is 0.263 e. The first-order chi connectivity index (χ1) is 11.6. The van der Waals surface area contributed by atoms with Crippen molar-refractivity contribution in [2.45, 2.75) is 20.1 Å². The van der Waals surface area contributed by atoms with Crippen LogP contribution in [-0.4, -0.2) is 10.9 Å². The van der Waals surface area contributed by atoms with E-state index < -0.39 is 0 Å². The Kier molecular flexibility index (Phi) is 5.50. The Balaban J connectivity index is 1.59. The van der Waals surface area contributed by atoms with Gasteiger partial charge in [0.05, 0.1) is 12.2 Å². The number of benzene rings is 1. The molecule has 4 nitrogen and oxygen atoms in total. The summed E-state index contributed by atoms with van der Waals surface area (Å²) in [6.45, 7) is 2.69. The van der Waals surface area contributed by atoms with Crippen LogP contribution in [0, 0.1) is 6.92 Å². The van der Waals surface area contributed by atoms with Gasteiger partial charge in [-0.1, -0.05) is 17.7 Å². The van der Waals surface area contributed by atoms with Gasteiger partial charge in [-0.25, -0.2) is 4.98 Å². The third-order valence-corrected chi connectivity index (χ3v) is 5.48. The van der Waals surface area contributed by atoms with E-state index in [0.717, 1.165) is 21.3 Å². The topological polar surface area (TPSA) is 51.2 Å². The van der Waals surface area contributed by atoms with Gasteiger partial charge in [0.1, 0.15) is 22.2 Å². The molecule has 0 spiro atoms. The number of carbonyl (C=O) groups excluding carboxylic acids is 1. The lowest BCUT2D eigenvalue weighted by Crippen LogP contribution is -2.22. The number of hydrogen-bond donors (Lipinski definition) is 1. The van der Waals surface area contributed by atoms with Crippen molar-refractivity contribution < 1.29 is 9.53 Å². The third-order valence-electron chi connectivity index (χ3n) is 3.23. The quantitative estimate of drug-likeness (QED) is 0.677. The Morgan fingerprint density at radius 2 is 2.08 bits per heavy atom. The minimum atomic E-state index is -0.101. The summed E-state index contributed by atoms with van der Waals surface area (Å²) in [6.07, 6.45) is 0. The van der Waals surface area contributed by atoms with Crippen molar-refractivity contribution in [3.05, 3.63) is 67.3 Å². The van der Waals surface area contributed by atoms with Gasteiger partial charge in [0.15, 0.2) is 0 Å². The molecular formula is C17H15ClN2O2S2. The molecule has 1 aromatic carbocycles. The van der Waals surface area contributed by atoms with Crippen LogP contribution in [-0.2, 0) is 13.2 Å².